The number of nitrogens with one attached hydrogen (secondary N) is 1. The predicted molar refractivity (Wildman–Crippen MR) is 111 cm³/mol. The van der Waals surface area contributed by atoms with Crippen LogP contribution >= 0.6 is 50.1 Å². The Kier molecular flexibility index (Phi) is 5.07. The second-order valence-corrected chi connectivity index (χ2v) is 9.07. The SMILES string of the molecule is CCOC(=O)c1c(Cl)nc2c(F)c(Br)c(I)cc2c1N[C@@H]1C2CC[C@H]1C2. The zero-order chi connectivity index (χ0) is 18.6. The highest BCUT2D eigenvalue weighted by atomic mass is 127. The van der Waals surface area contributed by atoms with E-state index in [0.717, 1.165) is 0 Å². The van der Waals surface area contributed by atoms with Crippen LogP contribution in [0.4, 0.5) is 10.1 Å². The normalized spacial score (nSPS) is 23.8. The van der Waals surface area contributed by atoms with Gasteiger partial charge < -0.3 is 10.1 Å². The van der Waals surface area contributed by atoms with Crippen LogP contribution in [-0.4, -0.2) is 23.6 Å². The fraction of sp³-hybridized carbons (Fsp3) is 0.444. The van der Waals surface area contributed by atoms with Crippen molar-refractivity contribution in [1.29, 1.82) is 0 Å². The van der Waals surface area contributed by atoms with Crippen molar-refractivity contribution in [2.45, 2.75) is 32.2 Å². The summed E-state index contributed by atoms with van der Waals surface area (Å²) in [5.74, 6) is 0.163. The summed E-state index contributed by atoms with van der Waals surface area (Å²) >= 11 is 11.6. The molecular weight excluding hydrogens is 537 g/mol. The first-order valence-corrected chi connectivity index (χ1v) is 10.8. The molecule has 3 atom stereocenters. The van der Waals surface area contributed by atoms with Gasteiger partial charge in [-0.05, 0) is 82.6 Å². The molecular formula is C18H16BrClFIN2O2. The number of nitrogens with zero attached hydrogens (tertiary/aromatic N) is 1. The molecule has 3 aliphatic rings. The molecule has 1 heterocycles. The van der Waals surface area contributed by atoms with Crippen LogP contribution in [0.25, 0.3) is 10.9 Å². The Balaban J connectivity index is 1.93. The minimum absolute atomic E-state index is 0.0443. The Morgan fingerprint density at radius 3 is 2.81 bits per heavy atom. The Labute approximate surface area is 177 Å². The molecule has 3 fully saturated rings. The summed E-state index contributed by atoms with van der Waals surface area (Å²) in [6.07, 6.45) is 3.58. The first-order chi connectivity index (χ1) is 12.4. The Morgan fingerprint density at radius 2 is 2.19 bits per heavy atom. The van der Waals surface area contributed by atoms with E-state index in [9.17, 15) is 9.18 Å². The molecule has 26 heavy (non-hydrogen) atoms. The topological polar surface area (TPSA) is 51.2 Å². The lowest BCUT2D eigenvalue weighted by molar-refractivity contribution is 0.0527. The number of anilines is 1. The van der Waals surface area contributed by atoms with Crippen molar-refractivity contribution in [2.24, 2.45) is 11.8 Å². The van der Waals surface area contributed by atoms with Crippen molar-refractivity contribution in [2.75, 3.05) is 11.9 Å². The van der Waals surface area contributed by atoms with Crippen molar-refractivity contribution in [3.63, 3.8) is 0 Å². The molecule has 1 unspecified atom stereocenters. The van der Waals surface area contributed by atoms with Gasteiger partial charge in [0, 0.05) is 15.0 Å². The van der Waals surface area contributed by atoms with Crippen LogP contribution < -0.4 is 5.32 Å². The van der Waals surface area contributed by atoms with Gasteiger partial charge in [0.1, 0.15) is 16.2 Å². The number of pyridine rings is 1. The second kappa shape index (κ2) is 7.05. The third kappa shape index (κ3) is 2.90. The Morgan fingerprint density at radius 1 is 1.50 bits per heavy atom. The number of benzene rings is 1. The summed E-state index contributed by atoms with van der Waals surface area (Å²) < 4.78 is 21.0. The maximum Gasteiger partial charge on any atom is 0.343 e. The van der Waals surface area contributed by atoms with Crippen LogP contribution in [0.15, 0.2) is 10.5 Å². The fourth-order valence-electron chi connectivity index (χ4n) is 4.11. The van der Waals surface area contributed by atoms with Gasteiger partial charge in [0.05, 0.1) is 16.8 Å². The summed E-state index contributed by atoms with van der Waals surface area (Å²) in [5.41, 5.74) is 0.860. The second-order valence-electron chi connectivity index (χ2n) is 6.76. The average molecular weight is 554 g/mol. The predicted octanol–water partition coefficient (Wildman–Crippen LogP) is 5.78. The minimum atomic E-state index is -0.542. The third-order valence-electron chi connectivity index (χ3n) is 5.39. The lowest BCUT2D eigenvalue weighted by atomic mass is 9.78. The highest BCUT2D eigenvalue weighted by Gasteiger charge is 2.47. The van der Waals surface area contributed by atoms with E-state index in [2.05, 4.69) is 48.8 Å². The number of rotatable bonds is 4. The Hall–Kier alpha value is -0.670. The molecule has 1 aromatic heterocycles. The Bertz CT molecular complexity index is 912. The molecule has 1 N–H and O–H groups in total. The smallest absolute Gasteiger partial charge is 0.343 e. The van der Waals surface area contributed by atoms with Gasteiger partial charge in [-0.2, -0.15) is 0 Å². The van der Waals surface area contributed by atoms with Crippen LogP contribution in [0.3, 0.4) is 0 Å². The third-order valence-corrected chi connectivity index (χ3v) is 8.03. The number of carbonyl (C=O) groups excluding carboxylic acids is 1. The summed E-state index contributed by atoms with van der Waals surface area (Å²) in [6, 6.07) is 2.10. The molecule has 3 saturated carbocycles. The highest BCUT2D eigenvalue weighted by Crippen LogP contribution is 2.51. The lowest BCUT2D eigenvalue weighted by Gasteiger charge is -2.37. The number of aromatic nitrogens is 1. The summed E-state index contributed by atoms with van der Waals surface area (Å²) in [5, 5.41) is 4.00. The molecule has 138 valence electrons. The van der Waals surface area contributed by atoms with E-state index >= 15 is 0 Å². The monoisotopic (exact) mass is 552 g/mol. The lowest BCUT2D eigenvalue weighted by Crippen LogP contribution is -2.41. The summed E-state index contributed by atoms with van der Waals surface area (Å²) in [4.78, 5) is 16.7. The van der Waals surface area contributed by atoms with Crippen molar-refractivity contribution >= 4 is 72.7 Å². The van der Waals surface area contributed by atoms with Gasteiger partial charge in [0.25, 0.3) is 0 Å². The average Bonchev–Trinajstić information content (AvgIpc) is 3.23. The van der Waals surface area contributed by atoms with Gasteiger partial charge in [-0.25, -0.2) is 14.2 Å². The molecule has 2 bridgehead atoms. The number of carbonyl (C=O) groups is 1. The molecule has 0 spiro atoms. The van der Waals surface area contributed by atoms with Crippen LogP contribution in [-0.2, 0) is 4.74 Å². The molecule has 2 aromatic rings. The van der Waals surface area contributed by atoms with E-state index < -0.39 is 11.8 Å². The van der Waals surface area contributed by atoms with Crippen molar-refractivity contribution in [1.82, 2.24) is 4.98 Å². The number of esters is 1. The van der Waals surface area contributed by atoms with Gasteiger partial charge in [-0.15, -0.1) is 0 Å². The zero-order valence-corrected chi connectivity index (χ0v) is 18.4. The number of fused-ring (bicyclic) bond motifs is 2. The molecule has 1 aromatic carbocycles. The van der Waals surface area contributed by atoms with E-state index in [0.29, 0.717) is 31.0 Å². The molecule has 4 nitrogen and oxygen atoms in total. The van der Waals surface area contributed by atoms with Crippen LogP contribution in [0.5, 0.6) is 0 Å². The standard InChI is InChI=1S/C18H16BrClFIN2O2/c1-2-26-18(25)11-15(23-14-7-3-4-8(14)5-7)9-6-10(22)12(19)13(21)16(9)24-17(11)20/h6-8,14H,2-5H2,1H3,(H,23,24)/t7-,8?,14-/m0/s1. The van der Waals surface area contributed by atoms with Gasteiger partial charge in [-0.1, -0.05) is 11.6 Å². The molecule has 0 saturated heterocycles. The van der Waals surface area contributed by atoms with Crippen LogP contribution in [0, 0.1) is 21.2 Å². The number of hydrogen-bond donors (Lipinski definition) is 1. The molecule has 5 rings (SSSR count). The quantitative estimate of drug-likeness (QED) is 0.226. The van der Waals surface area contributed by atoms with Crippen molar-refractivity contribution in [3.8, 4) is 0 Å². The molecule has 0 amide bonds. The van der Waals surface area contributed by atoms with Gasteiger partial charge in [-0.3, -0.25) is 0 Å². The van der Waals surface area contributed by atoms with E-state index in [4.69, 9.17) is 16.3 Å². The van der Waals surface area contributed by atoms with Crippen molar-refractivity contribution < 1.29 is 13.9 Å². The fourth-order valence-corrected chi connectivity index (χ4v) is 5.22. The van der Waals surface area contributed by atoms with E-state index in [1.54, 1.807) is 6.92 Å². The van der Waals surface area contributed by atoms with E-state index in [-0.39, 0.29) is 28.9 Å². The van der Waals surface area contributed by atoms with Crippen molar-refractivity contribution in [3.05, 3.63) is 30.6 Å². The minimum Gasteiger partial charge on any atom is -0.462 e. The van der Waals surface area contributed by atoms with Gasteiger partial charge >= 0.3 is 5.97 Å². The van der Waals surface area contributed by atoms with Crippen LogP contribution in [0.1, 0.15) is 36.5 Å². The summed E-state index contributed by atoms with van der Waals surface area (Å²) in [6.45, 7) is 1.97. The maximum absolute atomic E-state index is 14.8. The number of halogens is 4. The van der Waals surface area contributed by atoms with Gasteiger partial charge in [0.2, 0.25) is 0 Å². The molecule has 8 heteroatoms. The number of ether oxygens (including phenoxy) is 1. The van der Waals surface area contributed by atoms with E-state index in [1.165, 1.54) is 19.3 Å². The molecule has 0 radical (unpaired) electrons. The highest BCUT2D eigenvalue weighted by molar-refractivity contribution is 14.1. The first kappa shape index (κ1) is 18.7. The van der Waals surface area contributed by atoms with Crippen LogP contribution in [0.2, 0.25) is 5.15 Å². The molecule has 3 aliphatic carbocycles. The maximum atomic E-state index is 14.8. The van der Waals surface area contributed by atoms with Gasteiger partial charge in [0.15, 0.2) is 5.82 Å². The number of hydrogen-bond acceptors (Lipinski definition) is 4. The first-order valence-electron chi connectivity index (χ1n) is 8.52. The molecule has 0 aliphatic heterocycles. The largest absolute Gasteiger partial charge is 0.462 e. The zero-order valence-electron chi connectivity index (χ0n) is 13.9. The van der Waals surface area contributed by atoms with E-state index in [1.807, 2.05) is 6.07 Å². The summed E-state index contributed by atoms with van der Waals surface area (Å²) in [7, 11) is 0.